The monoisotopic (exact) mass is 436 g/mol. The first-order chi connectivity index (χ1) is 15.2. The third kappa shape index (κ3) is 4.77. The van der Waals surface area contributed by atoms with E-state index in [2.05, 4.69) is 61.3 Å². The Balaban J connectivity index is 1.35. The summed E-state index contributed by atoms with van der Waals surface area (Å²) in [6.07, 6.45) is 4.91. The summed E-state index contributed by atoms with van der Waals surface area (Å²) in [5.41, 5.74) is 1.99. The van der Waals surface area contributed by atoms with Crippen LogP contribution in [0.5, 0.6) is 0 Å². The van der Waals surface area contributed by atoms with Gasteiger partial charge < -0.3 is 15.1 Å². The highest BCUT2D eigenvalue weighted by Crippen LogP contribution is 2.37. The number of carbonyl (C=O) groups excluding carboxylic acids is 2. The summed E-state index contributed by atoms with van der Waals surface area (Å²) in [5, 5.41) is 12.3. The summed E-state index contributed by atoms with van der Waals surface area (Å²) in [4.78, 5) is 30.6. The normalized spacial score (nSPS) is 25.1. The molecule has 1 saturated heterocycles. The van der Waals surface area contributed by atoms with Crippen LogP contribution in [0.25, 0.3) is 0 Å². The zero-order chi connectivity index (χ0) is 22.9. The largest absolute Gasteiger partial charge is 0.368 e. The third-order valence-electron chi connectivity index (χ3n) is 7.44. The fourth-order valence-electron chi connectivity index (χ4n) is 5.05. The Kier molecular flexibility index (Phi) is 6.20. The molecule has 0 bridgehead atoms. The first-order valence-corrected chi connectivity index (χ1v) is 12.1. The van der Waals surface area contributed by atoms with Gasteiger partial charge in [0.2, 0.25) is 11.8 Å². The van der Waals surface area contributed by atoms with Crippen LogP contribution in [0.4, 0.5) is 5.69 Å². The highest BCUT2D eigenvalue weighted by atomic mass is 16.2. The maximum Gasteiger partial charge on any atom is 0.226 e. The fourth-order valence-corrected chi connectivity index (χ4v) is 5.05. The molecule has 32 heavy (non-hydrogen) atoms. The summed E-state index contributed by atoms with van der Waals surface area (Å²) in [6.45, 7) is 9.64. The summed E-state index contributed by atoms with van der Waals surface area (Å²) in [5.74, 6) is -0.532. The first kappa shape index (κ1) is 22.6. The van der Waals surface area contributed by atoms with Crippen LogP contribution in [0, 0.1) is 23.2 Å². The third-order valence-corrected chi connectivity index (χ3v) is 7.44. The number of carbonyl (C=O) groups is 2. The van der Waals surface area contributed by atoms with E-state index in [1.807, 2.05) is 4.90 Å². The molecule has 0 spiro atoms. The smallest absolute Gasteiger partial charge is 0.226 e. The summed E-state index contributed by atoms with van der Waals surface area (Å²) >= 11 is 0. The number of benzene rings is 1. The Morgan fingerprint density at radius 1 is 1.00 bits per heavy atom. The predicted octanol–water partition coefficient (Wildman–Crippen LogP) is 3.61. The second kappa shape index (κ2) is 8.77. The molecule has 1 N–H and O–H groups in total. The Labute approximate surface area is 191 Å². The fraction of sp³-hybridized carbons (Fsp3) is 0.654. The van der Waals surface area contributed by atoms with Gasteiger partial charge in [-0.15, -0.1) is 0 Å². The van der Waals surface area contributed by atoms with Gasteiger partial charge in [-0.3, -0.25) is 9.59 Å². The molecule has 1 heterocycles. The van der Waals surface area contributed by atoms with Crippen molar-refractivity contribution in [3.8, 4) is 6.07 Å². The average Bonchev–Trinajstić information content (AvgIpc) is 3.58. The van der Waals surface area contributed by atoms with Crippen LogP contribution < -0.4 is 10.2 Å². The molecule has 2 amide bonds. The lowest BCUT2D eigenvalue weighted by molar-refractivity contribution is -0.144. The Morgan fingerprint density at radius 2 is 1.59 bits per heavy atom. The van der Waals surface area contributed by atoms with Crippen molar-refractivity contribution < 1.29 is 9.59 Å². The number of amides is 2. The van der Waals surface area contributed by atoms with Crippen LogP contribution in [0.1, 0.15) is 64.9 Å². The highest BCUT2D eigenvalue weighted by Gasteiger charge is 2.47. The van der Waals surface area contributed by atoms with Crippen molar-refractivity contribution in [2.24, 2.45) is 11.8 Å². The van der Waals surface area contributed by atoms with Crippen LogP contribution in [-0.2, 0) is 15.0 Å². The van der Waals surface area contributed by atoms with Gasteiger partial charge in [0.1, 0.15) is 5.54 Å². The molecule has 172 valence electrons. The number of rotatable bonds is 4. The van der Waals surface area contributed by atoms with Gasteiger partial charge in [-0.25, -0.2) is 0 Å². The molecule has 1 aromatic rings. The number of hydrogen-bond acceptors (Lipinski definition) is 4. The van der Waals surface area contributed by atoms with Gasteiger partial charge in [-0.1, -0.05) is 45.7 Å². The summed E-state index contributed by atoms with van der Waals surface area (Å²) < 4.78 is 0. The van der Waals surface area contributed by atoms with Crippen molar-refractivity contribution >= 4 is 17.5 Å². The van der Waals surface area contributed by atoms with E-state index in [-0.39, 0.29) is 29.1 Å². The lowest BCUT2D eigenvalue weighted by Gasteiger charge is -2.40. The Morgan fingerprint density at radius 3 is 2.12 bits per heavy atom. The topological polar surface area (TPSA) is 76.4 Å². The number of nitriles is 1. The van der Waals surface area contributed by atoms with Gasteiger partial charge in [0.25, 0.3) is 0 Å². The van der Waals surface area contributed by atoms with Crippen LogP contribution in [0.2, 0.25) is 0 Å². The minimum absolute atomic E-state index is 0.0975. The van der Waals surface area contributed by atoms with Gasteiger partial charge in [0.15, 0.2) is 0 Å². The van der Waals surface area contributed by atoms with Crippen molar-refractivity contribution in [1.82, 2.24) is 10.2 Å². The number of nitrogens with one attached hydrogen (secondary N) is 1. The number of piperazine rings is 1. The second-order valence-electron chi connectivity index (χ2n) is 10.8. The molecule has 6 heteroatoms. The molecular weight excluding hydrogens is 400 g/mol. The van der Waals surface area contributed by atoms with Crippen molar-refractivity contribution in [3.63, 3.8) is 0 Å². The molecular formula is C26H36N4O2. The second-order valence-corrected chi connectivity index (χ2v) is 10.8. The first-order valence-electron chi connectivity index (χ1n) is 12.1. The highest BCUT2D eigenvalue weighted by molar-refractivity contribution is 5.89. The SMILES string of the molecule is CC(C)(C)c1ccc(N2CCN(C(=O)[C@@H]3CCCC[C@H]3C(=O)NC3(C#N)CC3)CC2)cc1. The average molecular weight is 437 g/mol. The van der Waals surface area contributed by atoms with Crippen LogP contribution in [0.3, 0.4) is 0 Å². The lowest BCUT2D eigenvalue weighted by Crippen LogP contribution is -2.53. The van der Waals surface area contributed by atoms with Crippen molar-refractivity contribution in [1.29, 1.82) is 5.26 Å². The molecule has 2 atom stereocenters. The number of hydrogen-bond donors (Lipinski definition) is 1. The van der Waals surface area contributed by atoms with E-state index in [4.69, 9.17) is 0 Å². The molecule has 3 fully saturated rings. The minimum Gasteiger partial charge on any atom is -0.368 e. The molecule has 6 nitrogen and oxygen atoms in total. The molecule has 2 aliphatic carbocycles. The quantitative estimate of drug-likeness (QED) is 0.782. The maximum absolute atomic E-state index is 13.4. The van der Waals surface area contributed by atoms with Crippen molar-refractivity contribution in [3.05, 3.63) is 29.8 Å². The van der Waals surface area contributed by atoms with E-state index < -0.39 is 5.54 Å². The molecule has 1 aliphatic heterocycles. The maximum atomic E-state index is 13.4. The van der Waals surface area contributed by atoms with E-state index in [1.54, 1.807) is 0 Å². The van der Waals surface area contributed by atoms with Gasteiger partial charge >= 0.3 is 0 Å². The van der Waals surface area contributed by atoms with Gasteiger partial charge in [-0.2, -0.15) is 5.26 Å². The zero-order valence-electron chi connectivity index (χ0n) is 19.7. The molecule has 0 aromatic heterocycles. The molecule has 2 saturated carbocycles. The van der Waals surface area contributed by atoms with Crippen molar-refractivity contribution in [2.45, 2.75) is 70.3 Å². The molecule has 0 unspecified atom stereocenters. The zero-order valence-corrected chi connectivity index (χ0v) is 19.7. The predicted molar refractivity (Wildman–Crippen MR) is 125 cm³/mol. The van der Waals surface area contributed by atoms with E-state index in [0.717, 1.165) is 51.6 Å². The molecule has 3 aliphatic rings. The van der Waals surface area contributed by atoms with Gasteiger partial charge in [0.05, 0.1) is 6.07 Å². The minimum atomic E-state index is -0.670. The Bertz CT molecular complexity index is 884. The molecule has 0 radical (unpaired) electrons. The van der Waals surface area contributed by atoms with E-state index in [0.29, 0.717) is 13.1 Å². The van der Waals surface area contributed by atoms with Crippen LogP contribution >= 0.6 is 0 Å². The summed E-state index contributed by atoms with van der Waals surface area (Å²) in [6, 6.07) is 11.0. The number of anilines is 1. The van der Waals surface area contributed by atoms with Crippen LogP contribution in [-0.4, -0.2) is 48.4 Å². The van der Waals surface area contributed by atoms with E-state index >= 15 is 0 Å². The van der Waals surface area contributed by atoms with E-state index in [1.165, 1.54) is 11.3 Å². The van der Waals surface area contributed by atoms with Crippen LogP contribution in [0.15, 0.2) is 24.3 Å². The number of nitrogens with zero attached hydrogens (tertiary/aromatic N) is 3. The summed E-state index contributed by atoms with van der Waals surface area (Å²) in [7, 11) is 0. The standard InChI is InChI=1S/C26H36N4O2/c1-25(2,3)19-8-10-20(11-9-19)29-14-16-30(17-15-29)24(32)22-7-5-4-6-21(22)23(31)28-26(18-27)12-13-26/h8-11,21-22H,4-7,12-17H2,1-3H3,(H,28,31)/t21-,22-/m1/s1. The Hall–Kier alpha value is -2.55. The lowest BCUT2D eigenvalue weighted by atomic mass is 9.77. The van der Waals surface area contributed by atoms with E-state index in [9.17, 15) is 14.9 Å². The van der Waals surface area contributed by atoms with Crippen molar-refractivity contribution in [2.75, 3.05) is 31.1 Å². The molecule has 1 aromatic carbocycles. The van der Waals surface area contributed by atoms with Gasteiger partial charge in [0, 0.05) is 43.7 Å². The molecule has 4 rings (SSSR count). The van der Waals surface area contributed by atoms with Gasteiger partial charge in [-0.05, 0) is 48.8 Å².